The average molecular weight is 323 g/mol. The molecule has 0 aliphatic rings. The van der Waals surface area contributed by atoms with Gasteiger partial charge in [0.2, 0.25) is 0 Å². The van der Waals surface area contributed by atoms with Crippen LogP contribution in [0.3, 0.4) is 0 Å². The van der Waals surface area contributed by atoms with Gasteiger partial charge in [-0.2, -0.15) is 0 Å². The second kappa shape index (κ2) is 6.30. The summed E-state index contributed by atoms with van der Waals surface area (Å²) in [4.78, 5) is 9.25. The molecule has 3 aromatic rings. The van der Waals surface area contributed by atoms with E-state index in [0.717, 1.165) is 32.8 Å². The molecule has 23 heavy (non-hydrogen) atoms. The molecule has 0 radical (unpaired) electrons. The van der Waals surface area contributed by atoms with Crippen molar-refractivity contribution in [2.75, 3.05) is 12.0 Å². The van der Waals surface area contributed by atoms with Gasteiger partial charge in [0.15, 0.2) is 0 Å². The van der Waals surface area contributed by atoms with Crippen LogP contribution in [0.2, 0.25) is 0 Å². The van der Waals surface area contributed by atoms with E-state index in [1.807, 2.05) is 43.3 Å². The summed E-state index contributed by atoms with van der Waals surface area (Å²) < 4.78 is 11.9. The van der Waals surface area contributed by atoms with Gasteiger partial charge in [-0.25, -0.2) is 4.98 Å². The largest absolute Gasteiger partial charge is 0.382 e. The minimum absolute atomic E-state index is 0.405. The maximum Gasteiger partial charge on any atom is 0.141 e. The van der Waals surface area contributed by atoms with E-state index in [2.05, 4.69) is 16.0 Å². The summed E-state index contributed by atoms with van der Waals surface area (Å²) >= 11 is 0. The Balaban J connectivity index is 2.07. The average Bonchev–Trinajstić information content (AvgIpc) is 2.56. The number of rotatable bonds is 3. The van der Waals surface area contributed by atoms with Gasteiger partial charge in [-0.05, 0) is 29.7 Å². The molecule has 0 aliphatic heterocycles. The third-order valence-electron chi connectivity index (χ3n) is 3.68. The van der Waals surface area contributed by atoms with E-state index in [0.29, 0.717) is 5.82 Å². The summed E-state index contributed by atoms with van der Waals surface area (Å²) in [5.41, 5.74) is 10.5. The van der Waals surface area contributed by atoms with Gasteiger partial charge in [-0.3, -0.25) is 9.19 Å². The van der Waals surface area contributed by atoms with Gasteiger partial charge in [-0.1, -0.05) is 36.4 Å². The van der Waals surface area contributed by atoms with Crippen molar-refractivity contribution in [3.8, 4) is 22.4 Å². The summed E-state index contributed by atoms with van der Waals surface area (Å²) in [5.74, 6) is 0.405. The zero-order valence-corrected chi connectivity index (χ0v) is 13.8. The van der Waals surface area contributed by atoms with Gasteiger partial charge in [0.25, 0.3) is 0 Å². The highest BCUT2D eigenvalue weighted by atomic mass is 32.2. The molecule has 0 saturated heterocycles. The zero-order valence-electron chi connectivity index (χ0n) is 13.0. The first kappa shape index (κ1) is 15.4. The smallest absolute Gasteiger partial charge is 0.141 e. The highest BCUT2D eigenvalue weighted by molar-refractivity contribution is 7.84. The standard InChI is InChI=1S/C18H17N3OS/c1-12-9-13(15-5-3-4-6-17(15)23(2)22)7-8-14(12)16-10-21-18(19)11-20-16/h3-11H,1-2H3,(H2,19,21). The Morgan fingerprint density at radius 1 is 1.00 bits per heavy atom. The van der Waals surface area contributed by atoms with Crippen molar-refractivity contribution >= 4 is 16.6 Å². The Hall–Kier alpha value is -2.53. The number of aromatic nitrogens is 2. The lowest BCUT2D eigenvalue weighted by atomic mass is 9.98. The second-order valence-corrected chi connectivity index (χ2v) is 6.65. The van der Waals surface area contributed by atoms with Crippen molar-refractivity contribution in [3.63, 3.8) is 0 Å². The summed E-state index contributed by atoms with van der Waals surface area (Å²) in [5, 5.41) is 0. The Bertz CT molecular complexity index is 876. The van der Waals surface area contributed by atoms with Crippen LogP contribution in [0, 0.1) is 6.92 Å². The lowest BCUT2D eigenvalue weighted by Gasteiger charge is -2.11. The molecule has 3 rings (SSSR count). The van der Waals surface area contributed by atoms with Crippen LogP contribution in [0.25, 0.3) is 22.4 Å². The van der Waals surface area contributed by atoms with E-state index in [-0.39, 0.29) is 0 Å². The molecule has 1 heterocycles. The van der Waals surface area contributed by atoms with E-state index in [1.54, 1.807) is 18.6 Å². The van der Waals surface area contributed by atoms with Crippen molar-refractivity contribution < 1.29 is 4.21 Å². The van der Waals surface area contributed by atoms with Gasteiger partial charge >= 0.3 is 0 Å². The number of nitrogens with zero attached hydrogens (tertiary/aromatic N) is 2. The third kappa shape index (κ3) is 3.14. The summed E-state index contributed by atoms with van der Waals surface area (Å²) in [6, 6.07) is 13.9. The lowest BCUT2D eigenvalue weighted by molar-refractivity contribution is 0.687. The van der Waals surface area contributed by atoms with Crippen LogP contribution in [-0.2, 0) is 10.8 Å². The van der Waals surface area contributed by atoms with Crippen molar-refractivity contribution in [2.24, 2.45) is 0 Å². The number of aryl methyl sites for hydroxylation is 1. The van der Waals surface area contributed by atoms with Crippen molar-refractivity contribution in [2.45, 2.75) is 11.8 Å². The van der Waals surface area contributed by atoms with Gasteiger partial charge in [0.1, 0.15) is 5.82 Å². The van der Waals surface area contributed by atoms with Crippen LogP contribution in [-0.4, -0.2) is 20.4 Å². The van der Waals surface area contributed by atoms with Crippen LogP contribution in [0.4, 0.5) is 5.82 Å². The molecule has 1 aromatic heterocycles. The fourth-order valence-electron chi connectivity index (χ4n) is 2.55. The van der Waals surface area contributed by atoms with E-state index >= 15 is 0 Å². The third-order valence-corrected chi connectivity index (χ3v) is 4.66. The van der Waals surface area contributed by atoms with Crippen LogP contribution >= 0.6 is 0 Å². The van der Waals surface area contributed by atoms with Gasteiger partial charge in [0.05, 0.1) is 28.9 Å². The normalized spacial score (nSPS) is 12.1. The highest BCUT2D eigenvalue weighted by Gasteiger charge is 2.10. The van der Waals surface area contributed by atoms with Crippen molar-refractivity contribution in [3.05, 3.63) is 60.4 Å². The van der Waals surface area contributed by atoms with E-state index in [1.165, 1.54) is 0 Å². The van der Waals surface area contributed by atoms with Crippen LogP contribution < -0.4 is 5.73 Å². The van der Waals surface area contributed by atoms with Crippen molar-refractivity contribution in [1.82, 2.24) is 9.97 Å². The Morgan fingerprint density at radius 2 is 1.78 bits per heavy atom. The molecule has 116 valence electrons. The van der Waals surface area contributed by atoms with E-state index < -0.39 is 10.8 Å². The SMILES string of the molecule is Cc1cc(-c2ccccc2S(C)=O)ccc1-c1cnc(N)cn1. The molecule has 0 saturated carbocycles. The number of nitrogens with two attached hydrogens (primary N) is 1. The maximum absolute atomic E-state index is 11.9. The van der Waals surface area contributed by atoms with Crippen LogP contribution in [0.15, 0.2) is 59.8 Å². The molecule has 0 amide bonds. The number of nitrogen functional groups attached to an aromatic ring is 1. The number of anilines is 1. The molecule has 0 bridgehead atoms. The molecule has 0 fully saturated rings. The molecule has 0 aliphatic carbocycles. The fraction of sp³-hybridized carbons (Fsp3) is 0.111. The summed E-state index contributed by atoms with van der Waals surface area (Å²) in [7, 11) is -1.03. The van der Waals surface area contributed by atoms with E-state index in [4.69, 9.17) is 5.73 Å². The first-order valence-corrected chi connectivity index (χ1v) is 8.73. The Kier molecular flexibility index (Phi) is 4.21. The van der Waals surface area contributed by atoms with E-state index in [9.17, 15) is 4.21 Å². The molecule has 5 heteroatoms. The highest BCUT2D eigenvalue weighted by Crippen LogP contribution is 2.30. The zero-order chi connectivity index (χ0) is 16.4. The van der Waals surface area contributed by atoms with Crippen molar-refractivity contribution in [1.29, 1.82) is 0 Å². The molecule has 4 nitrogen and oxygen atoms in total. The van der Waals surface area contributed by atoms with Gasteiger partial charge < -0.3 is 5.73 Å². The summed E-state index contributed by atoms with van der Waals surface area (Å²) in [6.45, 7) is 2.03. The minimum atomic E-state index is -1.03. The number of benzene rings is 2. The first-order valence-electron chi connectivity index (χ1n) is 7.17. The molecule has 2 aromatic carbocycles. The topological polar surface area (TPSA) is 68.9 Å². The number of hydrogen-bond donors (Lipinski definition) is 1. The molecule has 1 atom stereocenters. The Morgan fingerprint density at radius 3 is 2.43 bits per heavy atom. The van der Waals surface area contributed by atoms with Crippen LogP contribution in [0.1, 0.15) is 5.56 Å². The second-order valence-electron chi connectivity index (χ2n) is 5.31. The fourth-order valence-corrected chi connectivity index (χ4v) is 3.32. The minimum Gasteiger partial charge on any atom is -0.382 e. The van der Waals surface area contributed by atoms with Gasteiger partial charge in [-0.15, -0.1) is 0 Å². The number of hydrogen-bond acceptors (Lipinski definition) is 4. The molecular formula is C18H17N3OS. The summed E-state index contributed by atoms with van der Waals surface area (Å²) in [6.07, 6.45) is 4.93. The van der Waals surface area contributed by atoms with Crippen LogP contribution in [0.5, 0.6) is 0 Å². The molecule has 0 spiro atoms. The molecule has 1 unspecified atom stereocenters. The van der Waals surface area contributed by atoms with Gasteiger partial charge in [0, 0.05) is 16.7 Å². The molecule has 2 N–H and O–H groups in total. The molecular weight excluding hydrogens is 306 g/mol. The lowest BCUT2D eigenvalue weighted by Crippen LogP contribution is -1.95. The maximum atomic E-state index is 11.9. The first-order chi connectivity index (χ1) is 11.1. The predicted molar refractivity (Wildman–Crippen MR) is 94.4 cm³/mol. The monoisotopic (exact) mass is 323 g/mol. The Labute approximate surface area is 137 Å². The predicted octanol–water partition coefficient (Wildman–Crippen LogP) is 3.44. The quantitative estimate of drug-likeness (QED) is 0.801.